The molecule has 8 heteroatoms. The molecule has 39 heavy (non-hydrogen) atoms. The predicted octanol–water partition coefficient (Wildman–Crippen LogP) is 7.98. The summed E-state index contributed by atoms with van der Waals surface area (Å²) in [5.74, 6) is -0.768. The zero-order chi connectivity index (χ0) is 28.4. The molecule has 0 unspecified atom stereocenters. The van der Waals surface area contributed by atoms with Gasteiger partial charge in [-0.25, -0.2) is 0 Å². The average molecular weight is 644 g/mol. The summed E-state index contributed by atoms with van der Waals surface area (Å²) in [6, 6.07) is 31.0. The van der Waals surface area contributed by atoms with Crippen molar-refractivity contribution in [2.45, 2.75) is 32.1 Å². The minimum atomic E-state index is -4.55. The van der Waals surface area contributed by atoms with E-state index in [1.165, 1.54) is 18.2 Å². The van der Waals surface area contributed by atoms with E-state index in [4.69, 9.17) is 0 Å². The molecule has 2 amide bonds. The van der Waals surface area contributed by atoms with Crippen LogP contribution in [0.15, 0.2) is 109 Å². The topological polar surface area (TPSA) is 58.2 Å². The molecule has 0 fully saturated rings. The molecular weight excluding hydrogens is 616 g/mol. The molecule has 0 bridgehead atoms. The van der Waals surface area contributed by atoms with E-state index in [2.05, 4.69) is 33.2 Å². The van der Waals surface area contributed by atoms with Gasteiger partial charge in [0.15, 0.2) is 0 Å². The number of amides is 2. The molecule has 4 aromatic carbocycles. The van der Waals surface area contributed by atoms with Crippen molar-refractivity contribution in [2.24, 2.45) is 0 Å². The number of rotatable bonds is 6. The van der Waals surface area contributed by atoms with Crippen LogP contribution < -0.4 is 10.6 Å². The van der Waals surface area contributed by atoms with Gasteiger partial charge in [0.05, 0.1) is 28.8 Å². The molecule has 0 saturated carbocycles. The van der Waals surface area contributed by atoms with Gasteiger partial charge < -0.3 is 10.6 Å². The van der Waals surface area contributed by atoms with Crippen LogP contribution in [-0.4, -0.2) is 11.8 Å². The summed E-state index contributed by atoms with van der Waals surface area (Å²) < 4.78 is 39.6. The first-order chi connectivity index (χ1) is 18.6. The van der Waals surface area contributed by atoms with Crippen LogP contribution in [0.1, 0.15) is 63.3 Å². The third kappa shape index (κ3) is 8.68. The van der Waals surface area contributed by atoms with Crippen molar-refractivity contribution in [3.63, 3.8) is 0 Å². The highest BCUT2D eigenvalue weighted by Gasteiger charge is 2.35. The highest BCUT2D eigenvalue weighted by Crippen LogP contribution is 2.32. The van der Waals surface area contributed by atoms with Crippen molar-refractivity contribution in [3.05, 3.63) is 141 Å². The molecule has 0 aromatic heterocycles. The molecule has 0 saturated heterocycles. The fourth-order valence-electron chi connectivity index (χ4n) is 3.77. The quantitative estimate of drug-likeness (QED) is 0.209. The molecule has 0 radical (unpaired) electrons. The van der Waals surface area contributed by atoms with Crippen molar-refractivity contribution in [2.75, 3.05) is 0 Å². The average Bonchev–Trinajstić information content (AvgIpc) is 2.94. The Labute approximate surface area is 239 Å². The van der Waals surface area contributed by atoms with Crippen molar-refractivity contribution in [1.29, 1.82) is 0 Å². The lowest BCUT2D eigenvalue weighted by molar-refractivity contribution is -0.137. The fraction of sp³-hybridized carbons (Fsp3) is 0.161. The van der Waals surface area contributed by atoms with E-state index in [0.29, 0.717) is 0 Å². The number of alkyl halides is 3. The lowest BCUT2D eigenvalue weighted by Gasteiger charge is -2.17. The molecule has 0 heterocycles. The smallest absolute Gasteiger partial charge is 0.346 e. The monoisotopic (exact) mass is 644 g/mol. The summed E-state index contributed by atoms with van der Waals surface area (Å²) >= 11 is 2.18. The van der Waals surface area contributed by atoms with Gasteiger partial charge in [-0.3, -0.25) is 9.59 Å². The van der Waals surface area contributed by atoms with Crippen molar-refractivity contribution in [1.82, 2.24) is 10.6 Å². The van der Waals surface area contributed by atoms with Crippen LogP contribution in [0.5, 0.6) is 0 Å². The first-order valence-electron chi connectivity index (χ1n) is 12.2. The SMILES string of the molecule is C[C@@H](NC(=O)c1ccccc1C(F)(F)F)c1ccccc1.C[C@H](NC(=O)c1ccccc1I)c1ccccc1. The molecule has 0 aliphatic heterocycles. The Morgan fingerprint density at radius 1 is 0.615 bits per heavy atom. The van der Waals surface area contributed by atoms with Crippen LogP contribution in [0, 0.1) is 3.57 Å². The van der Waals surface area contributed by atoms with Gasteiger partial charge in [-0.2, -0.15) is 13.2 Å². The molecule has 4 aromatic rings. The Balaban J connectivity index is 0.000000218. The van der Waals surface area contributed by atoms with E-state index in [9.17, 15) is 22.8 Å². The molecular formula is C31H28F3IN2O2. The van der Waals surface area contributed by atoms with Crippen LogP contribution in [-0.2, 0) is 6.18 Å². The molecule has 0 aliphatic carbocycles. The van der Waals surface area contributed by atoms with Crippen LogP contribution >= 0.6 is 22.6 Å². The summed E-state index contributed by atoms with van der Waals surface area (Å²) in [6.07, 6.45) is -4.55. The maximum Gasteiger partial charge on any atom is 0.417 e. The molecule has 2 atom stereocenters. The number of carbonyl (C=O) groups is 2. The lowest BCUT2D eigenvalue weighted by Crippen LogP contribution is -2.28. The molecule has 4 rings (SSSR count). The van der Waals surface area contributed by atoms with E-state index in [1.807, 2.05) is 79.7 Å². The van der Waals surface area contributed by atoms with Crippen molar-refractivity contribution >= 4 is 34.4 Å². The molecule has 202 valence electrons. The maximum atomic E-state index is 12.9. The van der Waals surface area contributed by atoms with Gasteiger partial charge in [-0.05, 0) is 71.8 Å². The van der Waals surface area contributed by atoms with Crippen LogP contribution in [0.4, 0.5) is 13.2 Å². The normalized spacial score (nSPS) is 12.4. The second-order valence-corrected chi connectivity index (χ2v) is 9.90. The predicted molar refractivity (Wildman–Crippen MR) is 155 cm³/mol. The Hall–Kier alpha value is -3.66. The third-order valence-electron chi connectivity index (χ3n) is 5.89. The number of hydrogen-bond acceptors (Lipinski definition) is 2. The summed E-state index contributed by atoms with van der Waals surface area (Å²) in [4.78, 5) is 24.2. The van der Waals surface area contributed by atoms with Crippen LogP contribution in [0.2, 0.25) is 0 Å². The first kappa shape index (κ1) is 29.9. The summed E-state index contributed by atoms with van der Waals surface area (Å²) in [5, 5.41) is 5.60. The molecule has 2 N–H and O–H groups in total. The van der Waals surface area contributed by atoms with E-state index in [1.54, 1.807) is 19.1 Å². The minimum Gasteiger partial charge on any atom is -0.346 e. The largest absolute Gasteiger partial charge is 0.417 e. The standard InChI is InChI=1S/C16H14F3NO.C15H14INO/c1-11(12-7-3-2-4-8-12)20-15(21)13-9-5-6-10-14(13)16(17,18)19;1-11(12-7-3-2-4-8-12)17-15(18)13-9-5-6-10-14(13)16/h2-11H,1H3,(H,20,21);2-11H,1H3,(H,17,18)/t2*11-/m10/s1. The Morgan fingerprint density at radius 2 is 1.00 bits per heavy atom. The first-order valence-corrected chi connectivity index (χ1v) is 13.3. The highest BCUT2D eigenvalue weighted by atomic mass is 127. The second-order valence-electron chi connectivity index (χ2n) is 8.73. The number of carbonyl (C=O) groups excluding carboxylic acids is 2. The summed E-state index contributed by atoms with van der Waals surface area (Å²) in [7, 11) is 0. The zero-order valence-corrected chi connectivity index (χ0v) is 23.5. The fourth-order valence-corrected chi connectivity index (χ4v) is 4.40. The van der Waals surface area contributed by atoms with Gasteiger partial charge >= 0.3 is 6.18 Å². The van der Waals surface area contributed by atoms with Gasteiger partial charge in [-0.15, -0.1) is 0 Å². The third-order valence-corrected chi connectivity index (χ3v) is 6.83. The Kier molecular flexibility index (Phi) is 10.7. The van der Waals surface area contributed by atoms with E-state index in [-0.39, 0.29) is 23.6 Å². The lowest BCUT2D eigenvalue weighted by atomic mass is 10.0. The van der Waals surface area contributed by atoms with Crippen LogP contribution in [0.3, 0.4) is 0 Å². The highest BCUT2D eigenvalue weighted by molar-refractivity contribution is 14.1. The van der Waals surface area contributed by atoms with E-state index in [0.717, 1.165) is 26.3 Å². The Bertz CT molecular complexity index is 1380. The molecule has 0 aliphatic rings. The second kappa shape index (κ2) is 13.9. The van der Waals surface area contributed by atoms with Gasteiger partial charge in [0, 0.05) is 3.57 Å². The van der Waals surface area contributed by atoms with Gasteiger partial charge in [0.1, 0.15) is 0 Å². The van der Waals surface area contributed by atoms with E-state index < -0.39 is 17.6 Å². The minimum absolute atomic E-state index is 0.00899. The Morgan fingerprint density at radius 3 is 1.46 bits per heavy atom. The maximum absolute atomic E-state index is 12.9. The van der Waals surface area contributed by atoms with Crippen molar-refractivity contribution < 1.29 is 22.8 Å². The van der Waals surface area contributed by atoms with Gasteiger partial charge in [-0.1, -0.05) is 84.9 Å². The summed E-state index contributed by atoms with van der Waals surface area (Å²) in [5.41, 5.74) is 1.36. The van der Waals surface area contributed by atoms with Gasteiger partial charge in [0.25, 0.3) is 11.8 Å². The van der Waals surface area contributed by atoms with E-state index >= 15 is 0 Å². The molecule has 0 spiro atoms. The van der Waals surface area contributed by atoms with Gasteiger partial charge in [0.2, 0.25) is 0 Å². The number of hydrogen-bond donors (Lipinski definition) is 2. The summed E-state index contributed by atoms with van der Waals surface area (Å²) in [6.45, 7) is 3.71. The zero-order valence-electron chi connectivity index (χ0n) is 21.4. The van der Waals surface area contributed by atoms with Crippen molar-refractivity contribution in [3.8, 4) is 0 Å². The number of benzene rings is 4. The number of nitrogens with one attached hydrogen (secondary N) is 2. The number of halogens is 4. The molecule has 4 nitrogen and oxygen atoms in total. The van der Waals surface area contributed by atoms with Crippen LogP contribution in [0.25, 0.3) is 0 Å².